The summed E-state index contributed by atoms with van der Waals surface area (Å²) in [5.41, 5.74) is 0.0764. The molecular formula is C15H15N3O4. The number of aromatic nitrogens is 1. The normalized spacial score (nSPS) is 11.7. The van der Waals surface area contributed by atoms with Gasteiger partial charge in [-0.3, -0.25) is 19.9 Å². The number of benzene rings is 1. The first-order chi connectivity index (χ1) is 10.4. The van der Waals surface area contributed by atoms with Crippen molar-refractivity contribution in [3.05, 3.63) is 64.0 Å². The number of rotatable bonds is 4. The number of pyridine rings is 1. The Labute approximate surface area is 127 Å². The minimum absolute atomic E-state index is 0.112. The van der Waals surface area contributed by atoms with Gasteiger partial charge in [-0.05, 0) is 25.1 Å². The van der Waals surface area contributed by atoms with E-state index in [2.05, 4.69) is 4.98 Å². The van der Waals surface area contributed by atoms with Gasteiger partial charge in [0.25, 0.3) is 5.91 Å². The molecule has 1 N–H and O–H groups in total. The molecule has 0 bridgehead atoms. The van der Waals surface area contributed by atoms with Gasteiger partial charge in [0.2, 0.25) is 5.75 Å². The van der Waals surface area contributed by atoms with Crippen LogP contribution in [0.1, 0.15) is 29.0 Å². The summed E-state index contributed by atoms with van der Waals surface area (Å²) in [6.45, 7) is 1.79. The number of nitro benzene ring substituents is 1. The van der Waals surface area contributed by atoms with E-state index in [1.165, 1.54) is 17.0 Å². The van der Waals surface area contributed by atoms with Gasteiger partial charge in [0.15, 0.2) is 0 Å². The van der Waals surface area contributed by atoms with Gasteiger partial charge in [-0.15, -0.1) is 0 Å². The van der Waals surface area contributed by atoms with Crippen molar-refractivity contribution in [1.29, 1.82) is 0 Å². The molecule has 1 atom stereocenters. The molecule has 7 heteroatoms. The standard InChI is InChI=1S/C15H15N3O4/c1-10(12-7-3-4-9-16-12)17(2)15(20)11-6-5-8-13(14(11)19)18(21)22/h3-10,19H,1-2H3. The largest absolute Gasteiger partial charge is 0.502 e. The number of amides is 1. The molecule has 7 nitrogen and oxygen atoms in total. The van der Waals surface area contributed by atoms with E-state index < -0.39 is 22.3 Å². The van der Waals surface area contributed by atoms with Crippen LogP contribution in [0.3, 0.4) is 0 Å². The second-order valence-corrected chi connectivity index (χ2v) is 4.78. The van der Waals surface area contributed by atoms with Crippen LogP contribution in [-0.2, 0) is 0 Å². The Kier molecular flexibility index (Phi) is 4.36. The lowest BCUT2D eigenvalue weighted by Crippen LogP contribution is -2.30. The van der Waals surface area contributed by atoms with E-state index in [4.69, 9.17) is 0 Å². The molecule has 22 heavy (non-hydrogen) atoms. The van der Waals surface area contributed by atoms with Crippen molar-refractivity contribution >= 4 is 11.6 Å². The number of carbonyl (C=O) groups excluding carboxylic acids is 1. The van der Waals surface area contributed by atoms with Gasteiger partial charge in [-0.25, -0.2) is 0 Å². The van der Waals surface area contributed by atoms with Crippen molar-refractivity contribution in [2.24, 2.45) is 0 Å². The Balaban J connectivity index is 2.32. The second-order valence-electron chi connectivity index (χ2n) is 4.78. The average molecular weight is 301 g/mol. The summed E-state index contributed by atoms with van der Waals surface area (Å²) in [6.07, 6.45) is 1.62. The van der Waals surface area contributed by atoms with E-state index >= 15 is 0 Å². The van der Waals surface area contributed by atoms with E-state index in [9.17, 15) is 20.0 Å². The molecule has 0 saturated heterocycles. The van der Waals surface area contributed by atoms with E-state index in [0.29, 0.717) is 5.69 Å². The minimum Gasteiger partial charge on any atom is -0.502 e. The Morgan fingerprint density at radius 3 is 2.64 bits per heavy atom. The van der Waals surface area contributed by atoms with Crippen molar-refractivity contribution in [3.8, 4) is 5.75 Å². The van der Waals surface area contributed by atoms with Crippen LogP contribution in [0.15, 0.2) is 42.6 Å². The van der Waals surface area contributed by atoms with Crippen molar-refractivity contribution in [2.75, 3.05) is 7.05 Å². The van der Waals surface area contributed by atoms with E-state index in [1.807, 2.05) is 6.07 Å². The van der Waals surface area contributed by atoms with E-state index in [-0.39, 0.29) is 11.6 Å². The molecule has 0 fully saturated rings. The highest BCUT2D eigenvalue weighted by atomic mass is 16.6. The molecule has 1 aromatic heterocycles. The second kappa shape index (κ2) is 6.21. The van der Waals surface area contributed by atoms with Gasteiger partial charge in [-0.2, -0.15) is 0 Å². The number of hydrogen-bond donors (Lipinski definition) is 1. The fourth-order valence-electron chi connectivity index (χ4n) is 2.04. The number of nitrogens with zero attached hydrogens (tertiary/aromatic N) is 3. The fourth-order valence-corrected chi connectivity index (χ4v) is 2.04. The van der Waals surface area contributed by atoms with E-state index in [0.717, 1.165) is 6.07 Å². The number of carbonyl (C=O) groups is 1. The first kappa shape index (κ1) is 15.4. The smallest absolute Gasteiger partial charge is 0.311 e. The highest BCUT2D eigenvalue weighted by molar-refractivity contribution is 5.98. The summed E-state index contributed by atoms with van der Waals surface area (Å²) >= 11 is 0. The number of hydrogen-bond acceptors (Lipinski definition) is 5. The van der Waals surface area contributed by atoms with Crippen molar-refractivity contribution in [1.82, 2.24) is 9.88 Å². The van der Waals surface area contributed by atoms with Crippen LogP contribution in [0.25, 0.3) is 0 Å². The van der Waals surface area contributed by atoms with Crippen LogP contribution in [0, 0.1) is 10.1 Å². The Bertz CT molecular complexity index is 703. The molecule has 0 radical (unpaired) electrons. The van der Waals surface area contributed by atoms with Crippen LogP contribution < -0.4 is 0 Å². The monoisotopic (exact) mass is 301 g/mol. The lowest BCUT2D eigenvalue weighted by Gasteiger charge is -2.24. The molecule has 0 saturated carbocycles. The molecule has 1 unspecified atom stereocenters. The number of para-hydroxylation sites is 1. The molecule has 1 amide bonds. The van der Waals surface area contributed by atoms with Gasteiger partial charge in [-0.1, -0.05) is 12.1 Å². The summed E-state index contributed by atoms with van der Waals surface area (Å²) in [4.78, 5) is 28.1. The maximum atomic E-state index is 12.5. The van der Waals surface area contributed by atoms with Gasteiger partial charge >= 0.3 is 5.69 Å². The zero-order chi connectivity index (χ0) is 16.3. The van der Waals surface area contributed by atoms with Crippen LogP contribution in [-0.4, -0.2) is 32.9 Å². The first-order valence-corrected chi connectivity index (χ1v) is 6.58. The quantitative estimate of drug-likeness (QED) is 0.691. The highest BCUT2D eigenvalue weighted by Gasteiger charge is 2.26. The summed E-state index contributed by atoms with van der Waals surface area (Å²) in [7, 11) is 1.56. The topological polar surface area (TPSA) is 96.6 Å². The molecule has 2 rings (SSSR count). The zero-order valence-electron chi connectivity index (χ0n) is 12.1. The molecule has 0 aliphatic rings. The molecule has 0 aliphatic heterocycles. The summed E-state index contributed by atoms with van der Waals surface area (Å²) in [5, 5.41) is 20.8. The maximum Gasteiger partial charge on any atom is 0.311 e. The van der Waals surface area contributed by atoms with Gasteiger partial charge in [0.1, 0.15) is 0 Å². The maximum absolute atomic E-state index is 12.5. The predicted molar refractivity (Wildman–Crippen MR) is 79.5 cm³/mol. The predicted octanol–water partition coefficient (Wildman–Crippen LogP) is 2.53. The number of phenols is 1. The zero-order valence-corrected chi connectivity index (χ0v) is 12.1. The van der Waals surface area contributed by atoms with Crippen LogP contribution in [0.2, 0.25) is 0 Å². The molecule has 1 aromatic carbocycles. The molecule has 114 valence electrons. The number of nitro groups is 1. The summed E-state index contributed by atoms with van der Waals surface area (Å²) in [5.74, 6) is -1.14. The van der Waals surface area contributed by atoms with E-state index in [1.54, 1.807) is 32.3 Å². The fraction of sp³-hybridized carbons (Fsp3) is 0.200. The average Bonchev–Trinajstić information content (AvgIpc) is 2.53. The third kappa shape index (κ3) is 2.88. The van der Waals surface area contributed by atoms with Crippen molar-refractivity contribution in [3.63, 3.8) is 0 Å². The summed E-state index contributed by atoms with van der Waals surface area (Å²) < 4.78 is 0. The van der Waals surface area contributed by atoms with Crippen LogP contribution in [0.4, 0.5) is 5.69 Å². The van der Waals surface area contributed by atoms with Gasteiger partial charge in [0.05, 0.1) is 22.2 Å². The Morgan fingerprint density at radius 1 is 1.32 bits per heavy atom. The van der Waals surface area contributed by atoms with Crippen LogP contribution in [0.5, 0.6) is 5.75 Å². The molecule has 0 aliphatic carbocycles. The molecule has 2 aromatic rings. The van der Waals surface area contributed by atoms with Crippen molar-refractivity contribution < 1.29 is 14.8 Å². The number of aromatic hydroxyl groups is 1. The Morgan fingerprint density at radius 2 is 2.05 bits per heavy atom. The molecule has 0 spiro atoms. The van der Waals surface area contributed by atoms with Gasteiger partial charge in [0, 0.05) is 19.3 Å². The third-order valence-electron chi connectivity index (χ3n) is 3.46. The molecular weight excluding hydrogens is 286 g/mol. The number of phenolic OH excluding ortho intramolecular Hbond substituents is 1. The van der Waals surface area contributed by atoms with Crippen LogP contribution >= 0.6 is 0 Å². The molecule has 1 heterocycles. The van der Waals surface area contributed by atoms with Crippen molar-refractivity contribution in [2.45, 2.75) is 13.0 Å². The SMILES string of the molecule is CC(c1ccccn1)N(C)C(=O)c1cccc([N+](=O)[O-])c1O. The highest BCUT2D eigenvalue weighted by Crippen LogP contribution is 2.31. The van der Waals surface area contributed by atoms with Gasteiger partial charge < -0.3 is 10.0 Å². The lowest BCUT2D eigenvalue weighted by atomic mass is 10.1. The minimum atomic E-state index is -0.728. The Hall–Kier alpha value is -2.96. The third-order valence-corrected chi connectivity index (χ3v) is 3.46. The first-order valence-electron chi connectivity index (χ1n) is 6.58. The lowest BCUT2D eigenvalue weighted by molar-refractivity contribution is -0.385. The summed E-state index contributed by atoms with van der Waals surface area (Å²) in [6, 6.07) is 8.88.